The normalized spacial score (nSPS) is 11.0. The first-order valence-corrected chi connectivity index (χ1v) is 6.89. The van der Waals surface area contributed by atoms with Crippen molar-refractivity contribution in [2.24, 2.45) is 0 Å². The van der Waals surface area contributed by atoms with Crippen molar-refractivity contribution in [1.82, 2.24) is 0 Å². The van der Waals surface area contributed by atoms with Gasteiger partial charge in [0.05, 0.1) is 14.1 Å². The minimum absolute atomic E-state index is 0. The van der Waals surface area contributed by atoms with Gasteiger partial charge in [0.2, 0.25) is 0 Å². The molecule has 0 aliphatic heterocycles. The molecule has 1 nitrogen and oxygen atoms in total. The van der Waals surface area contributed by atoms with Gasteiger partial charge in [0.25, 0.3) is 0 Å². The Bertz CT molecular complexity index is 511. The highest BCUT2D eigenvalue weighted by Crippen LogP contribution is 2.18. The molecule has 0 bridgehead atoms. The lowest BCUT2D eigenvalue weighted by Crippen LogP contribution is -3.00. The van der Waals surface area contributed by atoms with E-state index in [0.29, 0.717) is 0 Å². The fraction of sp³-hybridized carbons (Fsp3) is 0.333. The third kappa shape index (κ3) is 4.36. The van der Waals surface area contributed by atoms with Gasteiger partial charge in [-0.1, -0.05) is 48.5 Å². The molecule has 2 aromatic rings. The number of hydrogen-bond donors (Lipinski definition) is 0. The molecule has 0 aliphatic rings. The van der Waals surface area contributed by atoms with Crippen LogP contribution in [0.4, 0.5) is 0 Å². The van der Waals surface area contributed by atoms with Crippen molar-refractivity contribution in [3.8, 4) is 0 Å². The SMILES string of the molecule is Cc1ccccc1C[N+](C)(C)Cc1ccccc1C.[Cl-]. The average Bonchev–Trinajstić information content (AvgIpc) is 2.35. The standard InChI is InChI=1S/C18H24N.ClH/c1-15-9-5-7-11-17(15)13-19(3,4)14-18-12-8-6-10-16(18)2;/h5-12H,13-14H2,1-4H3;1H/q+1;/p-1. The molecule has 0 fully saturated rings. The van der Waals surface area contributed by atoms with Crippen molar-refractivity contribution in [2.75, 3.05) is 14.1 Å². The van der Waals surface area contributed by atoms with E-state index in [0.717, 1.165) is 17.6 Å². The summed E-state index contributed by atoms with van der Waals surface area (Å²) in [6, 6.07) is 17.4. The van der Waals surface area contributed by atoms with Gasteiger partial charge in [0.15, 0.2) is 0 Å². The van der Waals surface area contributed by atoms with Crippen LogP contribution in [0.5, 0.6) is 0 Å². The van der Waals surface area contributed by atoms with Gasteiger partial charge in [-0.05, 0) is 25.0 Å². The van der Waals surface area contributed by atoms with Crippen LogP contribution >= 0.6 is 0 Å². The summed E-state index contributed by atoms with van der Waals surface area (Å²) < 4.78 is 0.982. The van der Waals surface area contributed by atoms with Gasteiger partial charge in [-0.2, -0.15) is 0 Å². The van der Waals surface area contributed by atoms with Gasteiger partial charge in [-0.25, -0.2) is 0 Å². The average molecular weight is 290 g/mol. The smallest absolute Gasteiger partial charge is 0.104 e. The van der Waals surface area contributed by atoms with Crippen molar-refractivity contribution >= 4 is 0 Å². The van der Waals surface area contributed by atoms with E-state index < -0.39 is 0 Å². The predicted molar refractivity (Wildman–Crippen MR) is 81.9 cm³/mol. The van der Waals surface area contributed by atoms with E-state index in [9.17, 15) is 0 Å². The summed E-state index contributed by atoms with van der Waals surface area (Å²) in [6.45, 7) is 6.54. The third-order valence-electron chi connectivity index (χ3n) is 3.72. The topological polar surface area (TPSA) is 0 Å². The van der Waals surface area contributed by atoms with E-state index in [1.807, 2.05) is 0 Å². The molecule has 2 aromatic carbocycles. The highest BCUT2D eigenvalue weighted by atomic mass is 35.5. The molecule has 0 amide bonds. The molecule has 0 saturated carbocycles. The Hall–Kier alpha value is -1.31. The molecule has 2 rings (SSSR count). The Morgan fingerprint density at radius 3 is 1.40 bits per heavy atom. The van der Waals surface area contributed by atoms with E-state index in [-0.39, 0.29) is 12.4 Å². The number of hydrogen-bond acceptors (Lipinski definition) is 0. The molecule has 0 atom stereocenters. The highest BCUT2D eigenvalue weighted by Gasteiger charge is 2.18. The van der Waals surface area contributed by atoms with E-state index in [1.54, 1.807) is 0 Å². The summed E-state index contributed by atoms with van der Waals surface area (Å²) in [5.74, 6) is 0. The van der Waals surface area contributed by atoms with E-state index in [1.165, 1.54) is 22.3 Å². The summed E-state index contributed by atoms with van der Waals surface area (Å²) in [5.41, 5.74) is 5.67. The molecule has 0 unspecified atom stereocenters. The van der Waals surface area contributed by atoms with Crippen molar-refractivity contribution in [2.45, 2.75) is 26.9 Å². The molecular weight excluding hydrogens is 266 g/mol. The molecule has 0 aromatic heterocycles. The quantitative estimate of drug-likeness (QED) is 0.739. The first-order chi connectivity index (χ1) is 8.98. The van der Waals surface area contributed by atoms with E-state index in [4.69, 9.17) is 0 Å². The van der Waals surface area contributed by atoms with Gasteiger partial charge < -0.3 is 16.9 Å². The fourth-order valence-corrected chi connectivity index (χ4v) is 2.55. The van der Waals surface area contributed by atoms with Crippen LogP contribution in [0.2, 0.25) is 0 Å². The van der Waals surface area contributed by atoms with Crippen LogP contribution in [0.25, 0.3) is 0 Å². The minimum Gasteiger partial charge on any atom is -1.00 e. The van der Waals surface area contributed by atoms with Crippen LogP contribution in [-0.4, -0.2) is 18.6 Å². The molecule has 20 heavy (non-hydrogen) atoms. The second kappa shape index (κ2) is 6.92. The van der Waals surface area contributed by atoms with Gasteiger partial charge in [-0.3, -0.25) is 0 Å². The second-order valence-corrected chi connectivity index (χ2v) is 6.10. The van der Waals surface area contributed by atoms with Gasteiger partial charge in [-0.15, -0.1) is 0 Å². The number of benzene rings is 2. The van der Waals surface area contributed by atoms with Crippen LogP contribution in [0, 0.1) is 13.8 Å². The molecule has 0 aliphatic carbocycles. The van der Waals surface area contributed by atoms with Crippen LogP contribution in [0.3, 0.4) is 0 Å². The molecule has 2 heteroatoms. The first-order valence-electron chi connectivity index (χ1n) is 6.89. The van der Waals surface area contributed by atoms with Gasteiger partial charge in [0.1, 0.15) is 13.1 Å². The zero-order valence-corrected chi connectivity index (χ0v) is 13.6. The van der Waals surface area contributed by atoms with Crippen LogP contribution in [0.15, 0.2) is 48.5 Å². The summed E-state index contributed by atoms with van der Waals surface area (Å²) in [6.07, 6.45) is 0. The number of halogens is 1. The maximum atomic E-state index is 2.30. The van der Waals surface area contributed by atoms with Crippen molar-refractivity contribution in [1.29, 1.82) is 0 Å². The molecule has 0 heterocycles. The summed E-state index contributed by atoms with van der Waals surface area (Å²) >= 11 is 0. The fourth-order valence-electron chi connectivity index (χ4n) is 2.55. The van der Waals surface area contributed by atoms with E-state index >= 15 is 0 Å². The highest BCUT2D eigenvalue weighted by molar-refractivity contribution is 5.26. The Kier molecular flexibility index (Phi) is 5.79. The van der Waals surface area contributed by atoms with Crippen molar-refractivity contribution in [3.05, 3.63) is 70.8 Å². The van der Waals surface area contributed by atoms with Gasteiger partial charge in [0, 0.05) is 11.1 Å². The predicted octanol–water partition coefficient (Wildman–Crippen LogP) is 1.08. The number of aryl methyl sites for hydroxylation is 2. The molecule has 0 radical (unpaired) electrons. The molecular formula is C18H24ClN. The maximum Gasteiger partial charge on any atom is 0.104 e. The van der Waals surface area contributed by atoms with Crippen molar-refractivity contribution in [3.63, 3.8) is 0 Å². The Morgan fingerprint density at radius 2 is 1.05 bits per heavy atom. The third-order valence-corrected chi connectivity index (χ3v) is 3.72. The lowest BCUT2D eigenvalue weighted by Gasteiger charge is -2.31. The summed E-state index contributed by atoms with van der Waals surface area (Å²) in [4.78, 5) is 0. The number of nitrogens with zero attached hydrogens (tertiary/aromatic N) is 1. The number of quaternary nitrogens is 1. The lowest BCUT2D eigenvalue weighted by atomic mass is 10.1. The summed E-state index contributed by atoms with van der Waals surface area (Å²) in [7, 11) is 4.61. The summed E-state index contributed by atoms with van der Waals surface area (Å²) in [5, 5.41) is 0. The van der Waals surface area contributed by atoms with Crippen LogP contribution in [-0.2, 0) is 13.1 Å². The molecule has 0 saturated heterocycles. The molecule has 0 N–H and O–H groups in total. The molecule has 108 valence electrons. The van der Waals surface area contributed by atoms with Crippen LogP contribution < -0.4 is 12.4 Å². The minimum atomic E-state index is 0. The lowest BCUT2D eigenvalue weighted by molar-refractivity contribution is -0.916. The van der Waals surface area contributed by atoms with Crippen molar-refractivity contribution < 1.29 is 16.9 Å². The van der Waals surface area contributed by atoms with E-state index in [2.05, 4.69) is 76.5 Å². The largest absolute Gasteiger partial charge is 1.00 e. The van der Waals surface area contributed by atoms with Crippen LogP contribution in [0.1, 0.15) is 22.3 Å². The second-order valence-electron chi connectivity index (χ2n) is 6.10. The van der Waals surface area contributed by atoms with Gasteiger partial charge >= 0.3 is 0 Å². The monoisotopic (exact) mass is 289 g/mol. The zero-order valence-electron chi connectivity index (χ0n) is 12.9. The Morgan fingerprint density at radius 1 is 0.700 bits per heavy atom. The first kappa shape index (κ1) is 16.7. The maximum absolute atomic E-state index is 2.30. The zero-order chi connectivity index (χ0) is 13.9. The Balaban J connectivity index is 0.00000200. The number of rotatable bonds is 4. The molecule has 0 spiro atoms. The Labute approximate surface area is 129 Å².